The van der Waals surface area contributed by atoms with Crippen molar-refractivity contribution in [3.05, 3.63) is 54.0 Å². The summed E-state index contributed by atoms with van der Waals surface area (Å²) in [6, 6.07) is 10.7. The summed E-state index contributed by atoms with van der Waals surface area (Å²) < 4.78 is 6.99. The van der Waals surface area contributed by atoms with Crippen LogP contribution in [0.1, 0.15) is 42.4 Å². The molecule has 2 aromatic heterocycles. The molecule has 1 unspecified atom stereocenters. The second-order valence-electron chi connectivity index (χ2n) is 7.92. The number of amides is 3. The van der Waals surface area contributed by atoms with Crippen molar-refractivity contribution in [3.8, 4) is 5.75 Å². The van der Waals surface area contributed by atoms with Crippen LogP contribution in [0.4, 0.5) is 10.5 Å². The second-order valence-corrected chi connectivity index (χ2v) is 7.92. The largest absolute Gasteiger partial charge is 0.497 e. The number of benzene rings is 1. The van der Waals surface area contributed by atoms with Crippen molar-refractivity contribution in [2.24, 2.45) is 0 Å². The third-order valence-corrected chi connectivity index (χ3v) is 5.29. The van der Waals surface area contributed by atoms with Gasteiger partial charge in [-0.15, -0.1) is 10.2 Å². The number of hydrogen-bond acceptors (Lipinski definition) is 5. The van der Waals surface area contributed by atoms with Crippen LogP contribution in [-0.4, -0.2) is 57.7 Å². The van der Waals surface area contributed by atoms with Crippen molar-refractivity contribution >= 4 is 23.3 Å². The van der Waals surface area contributed by atoms with Crippen molar-refractivity contribution in [1.82, 2.24) is 24.8 Å². The first kappa shape index (κ1) is 20.6. The zero-order valence-electron chi connectivity index (χ0n) is 17.8. The Balaban J connectivity index is 1.51. The lowest BCUT2D eigenvalue weighted by Crippen LogP contribution is -2.41. The Labute approximate surface area is 180 Å². The Morgan fingerprint density at radius 2 is 1.90 bits per heavy atom. The first-order valence-corrected chi connectivity index (χ1v) is 10.3. The number of anilines is 1. The highest BCUT2D eigenvalue weighted by atomic mass is 16.5. The van der Waals surface area contributed by atoms with Gasteiger partial charge >= 0.3 is 6.03 Å². The Kier molecular flexibility index (Phi) is 5.75. The van der Waals surface area contributed by atoms with Gasteiger partial charge < -0.3 is 20.3 Å². The predicted molar refractivity (Wildman–Crippen MR) is 117 cm³/mol. The summed E-state index contributed by atoms with van der Waals surface area (Å²) in [4.78, 5) is 26.9. The van der Waals surface area contributed by atoms with Gasteiger partial charge in [0.1, 0.15) is 11.6 Å². The van der Waals surface area contributed by atoms with Crippen LogP contribution in [0.3, 0.4) is 0 Å². The number of ether oxygens (including phenoxy) is 1. The highest BCUT2D eigenvalue weighted by molar-refractivity contribution is 6.04. The molecule has 3 heterocycles. The van der Waals surface area contributed by atoms with Crippen LogP contribution in [-0.2, 0) is 0 Å². The maximum Gasteiger partial charge on any atom is 0.317 e. The Hall–Kier alpha value is -3.62. The zero-order chi connectivity index (χ0) is 22.0. The predicted octanol–water partition coefficient (Wildman–Crippen LogP) is 2.90. The molecule has 162 valence electrons. The summed E-state index contributed by atoms with van der Waals surface area (Å²) in [6.45, 7) is 5.11. The lowest BCUT2D eigenvalue weighted by atomic mass is 10.1. The van der Waals surface area contributed by atoms with Gasteiger partial charge in [-0.2, -0.15) is 0 Å². The molecule has 1 atom stereocenters. The van der Waals surface area contributed by atoms with Crippen molar-refractivity contribution in [2.45, 2.75) is 32.2 Å². The molecule has 2 N–H and O–H groups in total. The van der Waals surface area contributed by atoms with Gasteiger partial charge in [0.25, 0.3) is 5.91 Å². The zero-order valence-corrected chi connectivity index (χ0v) is 17.8. The molecule has 1 aliphatic rings. The van der Waals surface area contributed by atoms with Crippen LogP contribution in [0.2, 0.25) is 0 Å². The lowest BCUT2D eigenvalue weighted by Gasteiger charge is -2.18. The molecule has 1 aliphatic heterocycles. The molecule has 1 saturated heterocycles. The van der Waals surface area contributed by atoms with E-state index in [1.54, 1.807) is 54.6 Å². The SMILES string of the molecule is COc1ccc(NC(=O)c2ccc3nnc(C4CCN(C(=O)NC(C)C)C4)n3c2)cc1. The van der Waals surface area contributed by atoms with Gasteiger partial charge in [0.15, 0.2) is 5.65 Å². The highest BCUT2D eigenvalue weighted by Crippen LogP contribution is 2.27. The van der Waals surface area contributed by atoms with E-state index in [0.717, 1.165) is 18.0 Å². The maximum atomic E-state index is 12.8. The molecule has 0 spiro atoms. The standard InChI is InChI=1S/C22H26N6O3/c1-14(2)23-22(30)27-11-10-15(12-27)20-26-25-19-9-4-16(13-28(19)20)21(29)24-17-5-7-18(31-3)8-6-17/h4-9,13-15H,10-12H2,1-3H3,(H,23,30)(H,24,29). The van der Waals surface area contributed by atoms with E-state index in [-0.39, 0.29) is 23.9 Å². The van der Waals surface area contributed by atoms with Gasteiger partial charge in [-0.05, 0) is 56.7 Å². The normalized spacial score (nSPS) is 16.0. The van der Waals surface area contributed by atoms with Gasteiger partial charge in [-0.25, -0.2) is 4.79 Å². The van der Waals surface area contributed by atoms with Gasteiger partial charge in [0, 0.05) is 36.9 Å². The summed E-state index contributed by atoms with van der Waals surface area (Å²) in [5.74, 6) is 1.32. The van der Waals surface area contributed by atoms with E-state index in [9.17, 15) is 9.59 Å². The minimum Gasteiger partial charge on any atom is -0.497 e. The first-order chi connectivity index (χ1) is 14.9. The number of methoxy groups -OCH3 is 1. The van der Waals surface area contributed by atoms with Crippen molar-refractivity contribution in [3.63, 3.8) is 0 Å². The molecular formula is C22H26N6O3. The molecule has 0 aliphatic carbocycles. The van der Waals surface area contributed by atoms with Crippen molar-refractivity contribution in [1.29, 1.82) is 0 Å². The summed E-state index contributed by atoms with van der Waals surface area (Å²) in [5.41, 5.74) is 1.84. The fourth-order valence-electron chi connectivity index (χ4n) is 3.69. The number of nitrogens with zero attached hydrogens (tertiary/aromatic N) is 4. The molecule has 9 nitrogen and oxygen atoms in total. The number of pyridine rings is 1. The molecule has 3 aromatic rings. The number of fused-ring (bicyclic) bond motifs is 1. The number of nitrogens with one attached hydrogen (secondary N) is 2. The summed E-state index contributed by atoms with van der Waals surface area (Å²) >= 11 is 0. The maximum absolute atomic E-state index is 12.8. The van der Waals surface area contributed by atoms with E-state index >= 15 is 0 Å². The number of carbonyl (C=O) groups is 2. The average Bonchev–Trinajstić information content (AvgIpc) is 3.40. The lowest BCUT2D eigenvalue weighted by molar-refractivity contribution is 0.102. The fourth-order valence-corrected chi connectivity index (χ4v) is 3.69. The molecule has 0 bridgehead atoms. The van der Waals surface area contributed by atoms with Crippen molar-refractivity contribution < 1.29 is 14.3 Å². The van der Waals surface area contributed by atoms with Gasteiger partial charge in [0.2, 0.25) is 0 Å². The molecule has 3 amide bonds. The monoisotopic (exact) mass is 422 g/mol. The number of rotatable bonds is 5. The van der Waals surface area contributed by atoms with E-state index in [2.05, 4.69) is 20.8 Å². The first-order valence-electron chi connectivity index (χ1n) is 10.3. The number of urea groups is 1. The number of aromatic nitrogens is 3. The van der Waals surface area contributed by atoms with E-state index in [0.29, 0.717) is 30.0 Å². The fraction of sp³-hybridized carbons (Fsp3) is 0.364. The molecule has 0 radical (unpaired) electrons. The highest BCUT2D eigenvalue weighted by Gasteiger charge is 2.30. The number of carbonyl (C=O) groups excluding carboxylic acids is 2. The molecule has 1 aromatic carbocycles. The van der Waals surface area contributed by atoms with Crippen molar-refractivity contribution in [2.75, 3.05) is 25.5 Å². The molecule has 9 heteroatoms. The molecule has 4 rings (SSSR count). The molecule has 0 saturated carbocycles. The third kappa shape index (κ3) is 4.45. The summed E-state index contributed by atoms with van der Waals surface area (Å²) in [7, 11) is 1.60. The van der Waals surface area contributed by atoms with E-state index in [1.165, 1.54) is 0 Å². The minimum atomic E-state index is -0.226. The van der Waals surface area contributed by atoms with E-state index in [1.807, 2.05) is 18.2 Å². The smallest absolute Gasteiger partial charge is 0.317 e. The van der Waals surface area contributed by atoms with E-state index < -0.39 is 0 Å². The van der Waals surface area contributed by atoms with Crippen LogP contribution in [0.5, 0.6) is 5.75 Å². The van der Waals surface area contributed by atoms with E-state index in [4.69, 9.17) is 4.74 Å². The Morgan fingerprint density at radius 3 is 2.61 bits per heavy atom. The van der Waals surface area contributed by atoms with Crippen LogP contribution in [0.25, 0.3) is 5.65 Å². The van der Waals surface area contributed by atoms with Crippen LogP contribution >= 0.6 is 0 Å². The summed E-state index contributed by atoms with van der Waals surface area (Å²) in [5, 5.41) is 14.4. The van der Waals surface area contributed by atoms with Crippen LogP contribution in [0.15, 0.2) is 42.6 Å². The van der Waals surface area contributed by atoms with Gasteiger partial charge in [0.05, 0.1) is 12.7 Å². The molecule has 31 heavy (non-hydrogen) atoms. The molecule has 1 fully saturated rings. The van der Waals surface area contributed by atoms with Gasteiger partial charge in [-0.3, -0.25) is 9.20 Å². The quantitative estimate of drug-likeness (QED) is 0.658. The van der Waals surface area contributed by atoms with Crippen LogP contribution < -0.4 is 15.4 Å². The molecular weight excluding hydrogens is 396 g/mol. The number of hydrogen-bond donors (Lipinski definition) is 2. The van der Waals surface area contributed by atoms with Gasteiger partial charge in [-0.1, -0.05) is 0 Å². The summed E-state index contributed by atoms with van der Waals surface area (Å²) in [6.07, 6.45) is 2.55. The third-order valence-electron chi connectivity index (χ3n) is 5.29. The number of likely N-dealkylation sites (tertiary alicyclic amines) is 1. The Morgan fingerprint density at radius 1 is 1.13 bits per heavy atom. The van der Waals surface area contributed by atoms with Crippen LogP contribution in [0, 0.1) is 0 Å². The average molecular weight is 422 g/mol. The second kappa shape index (κ2) is 8.63. The Bertz CT molecular complexity index is 1090. The topological polar surface area (TPSA) is 101 Å². The minimum absolute atomic E-state index is 0.0628.